The maximum Gasteiger partial charge on any atom is 0.243 e. The van der Waals surface area contributed by atoms with Crippen molar-refractivity contribution in [3.05, 3.63) is 11.9 Å². The number of aromatic nitrogens is 2. The second-order valence-electron chi connectivity index (χ2n) is 7.00. The van der Waals surface area contributed by atoms with Crippen molar-refractivity contribution < 1.29 is 13.2 Å². The maximum atomic E-state index is 12.5. The summed E-state index contributed by atoms with van der Waals surface area (Å²) >= 11 is 0. The highest BCUT2D eigenvalue weighted by Gasteiger charge is 2.29. The van der Waals surface area contributed by atoms with E-state index in [-0.39, 0.29) is 16.2 Å². The van der Waals surface area contributed by atoms with Crippen LogP contribution in [0.25, 0.3) is 0 Å². The van der Waals surface area contributed by atoms with Crippen molar-refractivity contribution in [3.8, 4) is 0 Å². The Morgan fingerprint density at radius 3 is 2.61 bits per heavy atom. The molecular weight excluding hydrogens is 316 g/mol. The zero-order valence-electron chi connectivity index (χ0n) is 14.3. The van der Waals surface area contributed by atoms with E-state index >= 15 is 0 Å². The smallest absolute Gasteiger partial charge is 0.243 e. The van der Waals surface area contributed by atoms with Gasteiger partial charge in [-0.3, -0.25) is 9.48 Å². The number of sulfonamides is 1. The standard InChI is InChI=1S/C15H26N4O3S/c1-15(2,3)14-12(11-18(4)17-14)23(21,22)16-8-6-10-19-9-5-7-13(19)20/h11,16H,5-10H2,1-4H3. The highest BCUT2D eigenvalue weighted by Crippen LogP contribution is 2.27. The summed E-state index contributed by atoms with van der Waals surface area (Å²) in [7, 11) is -1.88. The topological polar surface area (TPSA) is 84.3 Å². The Balaban J connectivity index is 1.98. The van der Waals surface area contributed by atoms with Crippen molar-refractivity contribution in [2.24, 2.45) is 7.05 Å². The van der Waals surface area contributed by atoms with Crippen molar-refractivity contribution in [1.82, 2.24) is 19.4 Å². The fourth-order valence-electron chi connectivity index (χ4n) is 2.68. The van der Waals surface area contributed by atoms with E-state index in [2.05, 4.69) is 9.82 Å². The van der Waals surface area contributed by atoms with Gasteiger partial charge in [0.05, 0.1) is 5.69 Å². The van der Waals surface area contributed by atoms with Gasteiger partial charge in [-0.25, -0.2) is 13.1 Å². The monoisotopic (exact) mass is 342 g/mol. The number of carbonyl (C=O) groups is 1. The summed E-state index contributed by atoms with van der Waals surface area (Å²) in [6, 6.07) is 0. The largest absolute Gasteiger partial charge is 0.343 e. The summed E-state index contributed by atoms with van der Waals surface area (Å²) in [4.78, 5) is 13.5. The van der Waals surface area contributed by atoms with Gasteiger partial charge in [0.25, 0.3) is 0 Å². The van der Waals surface area contributed by atoms with E-state index in [0.29, 0.717) is 31.6 Å². The minimum Gasteiger partial charge on any atom is -0.343 e. The molecule has 0 atom stereocenters. The van der Waals surface area contributed by atoms with Gasteiger partial charge in [-0.1, -0.05) is 20.8 Å². The average Bonchev–Trinajstić information content (AvgIpc) is 3.01. The molecule has 0 bridgehead atoms. The number of hydrogen-bond acceptors (Lipinski definition) is 4. The lowest BCUT2D eigenvalue weighted by molar-refractivity contribution is -0.127. The lowest BCUT2D eigenvalue weighted by atomic mass is 9.92. The van der Waals surface area contributed by atoms with Crippen LogP contribution >= 0.6 is 0 Å². The van der Waals surface area contributed by atoms with Gasteiger partial charge in [0.1, 0.15) is 4.90 Å². The molecule has 0 unspecified atom stereocenters. The lowest BCUT2D eigenvalue weighted by Gasteiger charge is -2.18. The molecular formula is C15H26N4O3S. The van der Waals surface area contributed by atoms with Gasteiger partial charge in [-0.2, -0.15) is 5.10 Å². The van der Waals surface area contributed by atoms with Gasteiger partial charge in [-0.05, 0) is 12.8 Å². The van der Waals surface area contributed by atoms with Crippen LogP contribution in [0.15, 0.2) is 11.1 Å². The molecule has 130 valence electrons. The molecule has 7 nitrogen and oxygen atoms in total. The number of aryl methyl sites for hydroxylation is 1. The van der Waals surface area contributed by atoms with Crippen LogP contribution in [-0.4, -0.2) is 48.6 Å². The van der Waals surface area contributed by atoms with Crippen LogP contribution in [0.5, 0.6) is 0 Å². The molecule has 0 spiro atoms. The molecule has 1 aliphatic heterocycles. The first-order chi connectivity index (χ1) is 10.6. The zero-order chi connectivity index (χ0) is 17.3. The average molecular weight is 342 g/mol. The normalized spacial score (nSPS) is 16.3. The quantitative estimate of drug-likeness (QED) is 0.782. The van der Waals surface area contributed by atoms with Crippen LogP contribution in [0, 0.1) is 0 Å². The third-order valence-corrected chi connectivity index (χ3v) is 5.33. The highest BCUT2D eigenvalue weighted by atomic mass is 32.2. The van der Waals surface area contributed by atoms with Gasteiger partial charge in [0, 0.05) is 44.7 Å². The lowest BCUT2D eigenvalue weighted by Crippen LogP contribution is -2.31. The number of amides is 1. The van der Waals surface area contributed by atoms with Gasteiger partial charge in [0.15, 0.2) is 0 Å². The van der Waals surface area contributed by atoms with E-state index in [4.69, 9.17) is 0 Å². The Morgan fingerprint density at radius 1 is 1.35 bits per heavy atom. The number of nitrogens with one attached hydrogen (secondary N) is 1. The van der Waals surface area contributed by atoms with Crippen molar-refractivity contribution in [3.63, 3.8) is 0 Å². The number of carbonyl (C=O) groups excluding carboxylic acids is 1. The Labute approximate surface area is 138 Å². The van der Waals surface area contributed by atoms with E-state index in [0.717, 1.165) is 13.0 Å². The first-order valence-corrected chi connectivity index (χ1v) is 9.41. The molecule has 1 aliphatic rings. The number of rotatable bonds is 6. The van der Waals surface area contributed by atoms with Crippen LogP contribution < -0.4 is 4.72 Å². The Kier molecular flexibility index (Phi) is 5.15. The molecule has 1 fully saturated rings. The molecule has 1 amide bonds. The summed E-state index contributed by atoms with van der Waals surface area (Å²) in [5.41, 5.74) is 0.204. The minimum absolute atomic E-state index is 0.162. The van der Waals surface area contributed by atoms with Crippen molar-refractivity contribution in [2.75, 3.05) is 19.6 Å². The summed E-state index contributed by atoms with van der Waals surface area (Å²) < 4.78 is 29.2. The maximum absolute atomic E-state index is 12.5. The van der Waals surface area contributed by atoms with Crippen molar-refractivity contribution in [1.29, 1.82) is 0 Å². The SMILES string of the molecule is Cn1cc(S(=O)(=O)NCCCN2CCCC2=O)c(C(C)(C)C)n1. The van der Waals surface area contributed by atoms with Gasteiger partial charge < -0.3 is 4.90 Å². The Hall–Kier alpha value is -1.41. The van der Waals surface area contributed by atoms with E-state index < -0.39 is 10.0 Å². The predicted octanol–water partition coefficient (Wildman–Crippen LogP) is 1.01. The van der Waals surface area contributed by atoms with E-state index in [9.17, 15) is 13.2 Å². The molecule has 0 radical (unpaired) electrons. The second kappa shape index (κ2) is 6.60. The van der Waals surface area contributed by atoms with Gasteiger partial charge in [0.2, 0.25) is 15.9 Å². The second-order valence-corrected chi connectivity index (χ2v) is 8.74. The molecule has 2 heterocycles. The first-order valence-electron chi connectivity index (χ1n) is 7.93. The number of likely N-dealkylation sites (tertiary alicyclic amines) is 1. The fourth-order valence-corrected chi connectivity index (χ4v) is 4.14. The molecule has 0 saturated carbocycles. The third-order valence-electron chi connectivity index (χ3n) is 3.86. The third kappa shape index (κ3) is 4.32. The van der Waals surface area contributed by atoms with Gasteiger partial charge in [-0.15, -0.1) is 0 Å². The van der Waals surface area contributed by atoms with E-state index in [1.807, 2.05) is 20.8 Å². The van der Waals surface area contributed by atoms with Crippen LogP contribution in [0.2, 0.25) is 0 Å². The predicted molar refractivity (Wildman–Crippen MR) is 87.5 cm³/mol. The highest BCUT2D eigenvalue weighted by molar-refractivity contribution is 7.89. The molecule has 1 aromatic heterocycles. The van der Waals surface area contributed by atoms with Crippen LogP contribution in [0.1, 0.15) is 45.7 Å². The molecule has 8 heteroatoms. The summed E-state index contributed by atoms with van der Waals surface area (Å²) in [6.07, 6.45) is 3.65. The Bertz CT molecular complexity index is 673. The van der Waals surface area contributed by atoms with Gasteiger partial charge >= 0.3 is 0 Å². The molecule has 0 aromatic carbocycles. The minimum atomic E-state index is -3.60. The van der Waals surface area contributed by atoms with Crippen molar-refractivity contribution in [2.45, 2.75) is 50.3 Å². The fraction of sp³-hybridized carbons (Fsp3) is 0.733. The van der Waals surface area contributed by atoms with Crippen LogP contribution in [-0.2, 0) is 27.3 Å². The van der Waals surface area contributed by atoms with Crippen LogP contribution in [0.3, 0.4) is 0 Å². The summed E-state index contributed by atoms with van der Waals surface area (Å²) in [5, 5.41) is 4.29. The Morgan fingerprint density at radius 2 is 2.04 bits per heavy atom. The molecule has 2 rings (SSSR count). The molecule has 1 N–H and O–H groups in total. The summed E-state index contributed by atoms with van der Waals surface area (Å²) in [6.45, 7) is 7.50. The zero-order valence-corrected chi connectivity index (χ0v) is 15.1. The van der Waals surface area contributed by atoms with Crippen LogP contribution in [0.4, 0.5) is 0 Å². The number of nitrogens with zero attached hydrogens (tertiary/aromatic N) is 3. The van der Waals surface area contributed by atoms with E-state index in [1.165, 1.54) is 10.9 Å². The molecule has 0 aliphatic carbocycles. The first kappa shape index (κ1) is 17.9. The molecule has 1 saturated heterocycles. The molecule has 1 aromatic rings. The molecule has 23 heavy (non-hydrogen) atoms. The van der Waals surface area contributed by atoms with E-state index in [1.54, 1.807) is 11.9 Å². The number of hydrogen-bond donors (Lipinski definition) is 1. The summed E-state index contributed by atoms with van der Waals surface area (Å²) in [5.74, 6) is 0.162. The van der Waals surface area contributed by atoms with Crippen molar-refractivity contribution >= 4 is 15.9 Å².